The average Bonchev–Trinajstić information content (AvgIpc) is 2.33. The molecule has 0 aromatic heterocycles. The molecule has 0 N–H and O–H groups in total. The van der Waals surface area contributed by atoms with Gasteiger partial charge in [-0.1, -0.05) is 11.6 Å². The predicted molar refractivity (Wildman–Crippen MR) is 74.6 cm³/mol. The number of halogens is 2. The number of sulfone groups is 1. The molecule has 0 bridgehead atoms. The quantitative estimate of drug-likeness (QED) is 0.861. The summed E-state index contributed by atoms with van der Waals surface area (Å²) in [6.45, 7) is 1.80. The third-order valence-electron chi connectivity index (χ3n) is 3.47. The molecule has 3 nitrogen and oxygen atoms in total. The molecule has 1 heterocycles. The summed E-state index contributed by atoms with van der Waals surface area (Å²) in [7, 11) is -3.02. The minimum Gasteiger partial charge on any atom is -0.298 e. The first-order valence-corrected chi connectivity index (χ1v) is 8.54. The van der Waals surface area contributed by atoms with Crippen molar-refractivity contribution in [2.75, 3.05) is 19.3 Å². The van der Waals surface area contributed by atoms with Gasteiger partial charge < -0.3 is 0 Å². The number of nitrogens with zero attached hydrogens (tertiary/aromatic N) is 1. The molecule has 6 heteroatoms. The molecule has 1 aromatic carbocycles. The minimum atomic E-state index is -3.02. The second-order valence-corrected chi connectivity index (χ2v) is 7.80. The van der Waals surface area contributed by atoms with Gasteiger partial charge in [0.25, 0.3) is 0 Å². The van der Waals surface area contributed by atoms with Gasteiger partial charge in [-0.2, -0.15) is 0 Å². The molecule has 1 fully saturated rings. The van der Waals surface area contributed by atoms with Crippen molar-refractivity contribution in [3.8, 4) is 0 Å². The Balaban J connectivity index is 2.09. The number of hydrogen-bond acceptors (Lipinski definition) is 3. The van der Waals surface area contributed by atoms with Crippen LogP contribution in [0.2, 0.25) is 5.02 Å². The second kappa shape index (κ2) is 5.77. The molecule has 0 spiro atoms. The summed E-state index contributed by atoms with van der Waals surface area (Å²) in [5.74, 6) is -0.323. The summed E-state index contributed by atoms with van der Waals surface area (Å²) in [6.07, 6.45) is 2.81. The van der Waals surface area contributed by atoms with Crippen molar-refractivity contribution in [3.63, 3.8) is 0 Å². The molecule has 19 heavy (non-hydrogen) atoms. The Bertz CT molecular complexity index is 562. The molecule has 1 saturated heterocycles. The highest BCUT2D eigenvalue weighted by molar-refractivity contribution is 7.91. The van der Waals surface area contributed by atoms with E-state index in [1.165, 1.54) is 24.5 Å². The molecule has 0 amide bonds. The van der Waals surface area contributed by atoms with Crippen molar-refractivity contribution in [2.24, 2.45) is 0 Å². The normalized spacial score (nSPS) is 21.5. The van der Waals surface area contributed by atoms with Gasteiger partial charge in [-0.05, 0) is 43.1 Å². The Morgan fingerprint density at radius 1 is 1.47 bits per heavy atom. The summed E-state index contributed by atoms with van der Waals surface area (Å²) in [6, 6.07) is 4.26. The molecule has 0 saturated carbocycles. The lowest BCUT2D eigenvalue weighted by molar-refractivity contribution is 0.222. The van der Waals surface area contributed by atoms with Gasteiger partial charge in [-0.3, -0.25) is 4.90 Å². The van der Waals surface area contributed by atoms with E-state index in [1.807, 2.05) is 4.90 Å². The smallest absolute Gasteiger partial charge is 0.151 e. The number of hydrogen-bond donors (Lipinski definition) is 0. The number of piperidine rings is 1. The maximum Gasteiger partial charge on any atom is 0.151 e. The summed E-state index contributed by atoms with van der Waals surface area (Å²) >= 11 is 6.03. The molecular formula is C13H17ClFNO2S. The topological polar surface area (TPSA) is 37.4 Å². The van der Waals surface area contributed by atoms with Gasteiger partial charge in [-0.15, -0.1) is 0 Å². The fourth-order valence-electron chi connectivity index (χ4n) is 2.41. The number of likely N-dealkylation sites (tertiary alicyclic amines) is 1. The molecule has 1 aliphatic rings. The molecule has 1 aliphatic heterocycles. The zero-order valence-electron chi connectivity index (χ0n) is 10.8. The monoisotopic (exact) mass is 305 g/mol. The lowest BCUT2D eigenvalue weighted by Gasteiger charge is -2.31. The lowest BCUT2D eigenvalue weighted by atomic mass is 10.1. The van der Waals surface area contributed by atoms with Gasteiger partial charge >= 0.3 is 0 Å². The van der Waals surface area contributed by atoms with Crippen LogP contribution in [0.15, 0.2) is 18.2 Å². The van der Waals surface area contributed by atoms with Crippen LogP contribution in [-0.4, -0.2) is 37.9 Å². The molecule has 0 radical (unpaired) electrons. The first kappa shape index (κ1) is 14.8. The van der Waals surface area contributed by atoms with Gasteiger partial charge in [0.2, 0.25) is 0 Å². The maximum absolute atomic E-state index is 13.2. The number of rotatable bonds is 3. The highest BCUT2D eigenvalue weighted by atomic mass is 35.5. The van der Waals surface area contributed by atoms with Crippen LogP contribution < -0.4 is 0 Å². The highest BCUT2D eigenvalue weighted by Gasteiger charge is 2.27. The van der Waals surface area contributed by atoms with Crippen LogP contribution in [0.5, 0.6) is 0 Å². The first-order chi connectivity index (χ1) is 8.86. The van der Waals surface area contributed by atoms with Crippen LogP contribution in [0, 0.1) is 5.82 Å². The van der Waals surface area contributed by atoms with Gasteiger partial charge in [0.05, 0.1) is 5.25 Å². The largest absolute Gasteiger partial charge is 0.298 e. The van der Waals surface area contributed by atoms with E-state index in [0.29, 0.717) is 30.1 Å². The second-order valence-electron chi connectivity index (χ2n) is 5.06. The Hall–Kier alpha value is -0.650. The molecule has 0 aliphatic carbocycles. The molecule has 1 aromatic rings. The van der Waals surface area contributed by atoms with Crippen LogP contribution in [0.25, 0.3) is 0 Å². The van der Waals surface area contributed by atoms with Gasteiger partial charge in [-0.25, -0.2) is 12.8 Å². The maximum atomic E-state index is 13.2. The van der Waals surface area contributed by atoms with E-state index in [2.05, 4.69) is 0 Å². The van der Waals surface area contributed by atoms with Crippen LogP contribution >= 0.6 is 11.6 Å². The third-order valence-corrected chi connectivity index (χ3v) is 5.43. The van der Waals surface area contributed by atoms with Crippen molar-refractivity contribution in [1.82, 2.24) is 4.90 Å². The fraction of sp³-hybridized carbons (Fsp3) is 0.538. The van der Waals surface area contributed by atoms with Crippen molar-refractivity contribution in [2.45, 2.75) is 24.6 Å². The SMILES string of the molecule is CS(=O)(=O)[C@@H]1CCCN(Cc2cc(F)ccc2Cl)C1. The Morgan fingerprint density at radius 2 is 2.21 bits per heavy atom. The lowest BCUT2D eigenvalue weighted by Crippen LogP contribution is -2.41. The summed E-state index contributed by atoms with van der Waals surface area (Å²) in [5.41, 5.74) is 0.704. The van der Waals surface area contributed by atoms with Crippen LogP contribution in [0.1, 0.15) is 18.4 Å². The van der Waals surface area contributed by atoms with E-state index in [9.17, 15) is 12.8 Å². The average molecular weight is 306 g/mol. The summed E-state index contributed by atoms with van der Waals surface area (Å²) < 4.78 is 36.4. The molecule has 2 rings (SSSR count). The van der Waals surface area contributed by atoms with Gasteiger partial charge in [0.1, 0.15) is 5.82 Å². The standard InChI is InChI=1S/C13H17ClFNO2S/c1-19(17,18)12-3-2-6-16(9-12)8-10-7-11(15)4-5-13(10)14/h4-5,7,12H,2-3,6,8-9H2,1H3/t12-/m1/s1. The predicted octanol–water partition coefficient (Wildman–Crippen LogP) is 2.49. The number of benzene rings is 1. The summed E-state index contributed by atoms with van der Waals surface area (Å²) in [4.78, 5) is 2.02. The minimum absolute atomic E-state index is 0.323. The Morgan fingerprint density at radius 3 is 2.89 bits per heavy atom. The van der Waals surface area contributed by atoms with E-state index in [1.54, 1.807) is 0 Å². The van der Waals surface area contributed by atoms with Crippen LogP contribution in [0.3, 0.4) is 0 Å². The zero-order chi connectivity index (χ0) is 14.0. The van der Waals surface area contributed by atoms with Crippen LogP contribution in [0.4, 0.5) is 4.39 Å². The van der Waals surface area contributed by atoms with E-state index < -0.39 is 9.84 Å². The first-order valence-electron chi connectivity index (χ1n) is 6.21. The summed E-state index contributed by atoms with van der Waals surface area (Å²) in [5, 5.41) is 0.191. The Kier molecular flexibility index (Phi) is 4.48. The molecule has 1 atom stereocenters. The van der Waals surface area contributed by atoms with E-state index in [4.69, 9.17) is 11.6 Å². The fourth-order valence-corrected chi connectivity index (χ4v) is 3.67. The highest BCUT2D eigenvalue weighted by Crippen LogP contribution is 2.22. The molecule has 0 unspecified atom stereocenters. The van der Waals surface area contributed by atoms with E-state index in [-0.39, 0.29) is 11.1 Å². The van der Waals surface area contributed by atoms with Gasteiger partial charge in [0.15, 0.2) is 9.84 Å². The van der Waals surface area contributed by atoms with E-state index >= 15 is 0 Å². The van der Waals surface area contributed by atoms with Crippen molar-refractivity contribution in [1.29, 1.82) is 0 Å². The molecular weight excluding hydrogens is 289 g/mol. The van der Waals surface area contributed by atoms with Crippen molar-refractivity contribution < 1.29 is 12.8 Å². The van der Waals surface area contributed by atoms with E-state index in [0.717, 1.165) is 13.0 Å². The van der Waals surface area contributed by atoms with Crippen LogP contribution in [-0.2, 0) is 16.4 Å². The van der Waals surface area contributed by atoms with Crippen molar-refractivity contribution >= 4 is 21.4 Å². The third kappa shape index (κ3) is 3.91. The Labute approximate surface area is 118 Å². The van der Waals surface area contributed by atoms with Gasteiger partial charge in [0, 0.05) is 24.4 Å². The van der Waals surface area contributed by atoms with Crippen molar-refractivity contribution in [3.05, 3.63) is 34.6 Å². The zero-order valence-corrected chi connectivity index (χ0v) is 12.3. The molecule has 106 valence electrons.